The van der Waals surface area contributed by atoms with E-state index in [9.17, 15) is 18.0 Å². The number of carbonyl (C=O) groups excluding carboxylic acids is 1. The highest BCUT2D eigenvalue weighted by molar-refractivity contribution is 6.29. The lowest BCUT2D eigenvalue weighted by Gasteiger charge is -2.29. The molecule has 2 rings (SSSR count). The molecule has 1 N–H and O–H groups in total. The topological polar surface area (TPSA) is 42.0 Å². The molecule has 0 saturated heterocycles. The summed E-state index contributed by atoms with van der Waals surface area (Å²) >= 11 is 5.63. The highest BCUT2D eigenvalue weighted by Crippen LogP contribution is 2.39. The first-order chi connectivity index (χ1) is 9.36. The van der Waals surface area contributed by atoms with Crippen molar-refractivity contribution in [2.45, 2.75) is 31.9 Å². The largest absolute Gasteiger partial charge is 0.391 e. The van der Waals surface area contributed by atoms with Gasteiger partial charge in [0.15, 0.2) is 0 Å². The zero-order chi connectivity index (χ0) is 14.8. The van der Waals surface area contributed by atoms with Gasteiger partial charge in [0.05, 0.1) is 17.8 Å². The van der Waals surface area contributed by atoms with Gasteiger partial charge in [-0.05, 0) is 37.8 Å². The summed E-state index contributed by atoms with van der Waals surface area (Å²) in [5.41, 5.74) is 0.498. The van der Waals surface area contributed by atoms with Crippen LogP contribution in [-0.4, -0.2) is 17.1 Å². The standard InChI is InChI=1S/C13H14ClF3N2O/c14-11-6-5-10(7-18-11)19-12(20)8-1-3-9(4-2-8)13(15,16)17/h5-9H,1-4H2,(H,19,20). The monoisotopic (exact) mass is 306 g/mol. The fourth-order valence-corrected chi connectivity index (χ4v) is 2.49. The third kappa shape index (κ3) is 3.85. The van der Waals surface area contributed by atoms with E-state index in [0.717, 1.165) is 0 Å². The molecule has 1 fully saturated rings. The predicted molar refractivity (Wildman–Crippen MR) is 69.4 cm³/mol. The summed E-state index contributed by atoms with van der Waals surface area (Å²) in [6, 6.07) is 3.15. The molecule has 1 heterocycles. The number of nitrogens with zero attached hydrogens (tertiary/aromatic N) is 1. The van der Waals surface area contributed by atoms with E-state index in [0.29, 0.717) is 10.8 Å². The second-order valence-corrected chi connectivity index (χ2v) is 5.34. The predicted octanol–water partition coefficient (Wildman–Crippen LogP) is 4.04. The van der Waals surface area contributed by atoms with Gasteiger partial charge in [-0.2, -0.15) is 13.2 Å². The summed E-state index contributed by atoms with van der Waals surface area (Å²) in [6.45, 7) is 0. The Kier molecular flexibility index (Phi) is 4.52. The zero-order valence-electron chi connectivity index (χ0n) is 10.6. The molecule has 1 aromatic rings. The fourth-order valence-electron chi connectivity index (χ4n) is 2.38. The number of rotatable bonds is 2. The van der Waals surface area contributed by atoms with E-state index in [2.05, 4.69) is 10.3 Å². The Morgan fingerprint density at radius 3 is 2.40 bits per heavy atom. The minimum absolute atomic E-state index is 0.0143. The van der Waals surface area contributed by atoms with E-state index < -0.39 is 12.1 Å². The minimum Gasteiger partial charge on any atom is -0.324 e. The molecule has 1 amide bonds. The summed E-state index contributed by atoms with van der Waals surface area (Å²) in [4.78, 5) is 15.8. The van der Waals surface area contributed by atoms with Crippen LogP contribution in [0, 0.1) is 11.8 Å². The van der Waals surface area contributed by atoms with Crippen LogP contribution in [-0.2, 0) is 4.79 Å². The quantitative estimate of drug-likeness (QED) is 0.838. The van der Waals surface area contributed by atoms with Crippen LogP contribution in [0.15, 0.2) is 18.3 Å². The van der Waals surface area contributed by atoms with Gasteiger partial charge in [0, 0.05) is 5.92 Å². The smallest absolute Gasteiger partial charge is 0.324 e. The summed E-state index contributed by atoms with van der Waals surface area (Å²) in [7, 11) is 0. The minimum atomic E-state index is -4.15. The molecule has 20 heavy (non-hydrogen) atoms. The number of carbonyl (C=O) groups is 1. The van der Waals surface area contributed by atoms with Gasteiger partial charge in [0.2, 0.25) is 5.91 Å². The zero-order valence-corrected chi connectivity index (χ0v) is 11.3. The van der Waals surface area contributed by atoms with Crippen LogP contribution in [0.25, 0.3) is 0 Å². The normalized spacial score (nSPS) is 23.4. The van der Waals surface area contributed by atoms with E-state index in [-0.39, 0.29) is 37.5 Å². The van der Waals surface area contributed by atoms with Gasteiger partial charge in [-0.3, -0.25) is 4.79 Å². The van der Waals surface area contributed by atoms with Crippen LogP contribution >= 0.6 is 11.6 Å². The van der Waals surface area contributed by atoms with Gasteiger partial charge in [-0.1, -0.05) is 11.6 Å². The average molecular weight is 307 g/mol. The van der Waals surface area contributed by atoms with Crippen molar-refractivity contribution in [2.75, 3.05) is 5.32 Å². The van der Waals surface area contributed by atoms with Crippen LogP contribution in [0.4, 0.5) is 18.9 Å². The lowest BCUT2D eigenvalue weighted by Crippen LogP contribution is -2.32. The van der Waals surface area contributed by atoms with E-state index in [4.69, 9.17) is 11.6 Å². The maximum atomic E-state index is 12.5. The first-order valence-corrected chi connectivity index (χ1v) is 6.73. The molecule has 0 unspecified atom stereocenters. The van der Waals surface area contributed by atoms with E-state index in [1.807, 2.05) is 0 Å². The van der Waals surface area contributed by atoms with Crippen LogP contribution < -0.4 is 5.32 Å². The molecule has 1 saturated carbocycles. The van der Waals surface area contributed by atoms with E-state index in [1.54, 1.807) is 6.07 Å². The van der Waals surface area contributed by atoms with Gasteiger partial charge in [-0.15, -0.1) is 0 Å². The Bertz CT molecular complexity index is 467. The number of anilines is 1. The van der Waals surface area contributed by atoms with Gasteiger partial charge in [0.1, 0.15) is 5.15 Å². The molecule has 1 aliphatic rings. The molecule has 0 aromatic carbocycles. The number of hydrogen-bond acceptors (Lipinski definition) is 2. The van der Waals surface area contributed by atoms with Gasteiger partial charge < -0.3 is 5.32 Å². The van der Waals surface area contributed by atoms with Crippen molar-refractivity contribution in [1.29, 1.82) is 0 Å². The molecule has 110 valence electrons. The molecule has 7 heteroatoms. The SMILES string of the molecule is O=C(Nc1ccc(Cl)nc1)C1CCC(C(F)(F)F)CC1. The lowest BCUT2D eigenvalue weighted by molar-refractivity contribution is -0.184. The van der Waals surface area contributed by atoms with Crippen molar-refractivity contribution in [3.63, 3.8) is 0 Å². The summed E-state index contributed by atoms with van der Waals surface area (Å²) in [5.74, 6) is -1.90. The summed E-state index contributed by atoms with van der Waals surface area (Å²) in [5, 5.41) is 2.96. The Balaban J connectivity index is 1.87. The molecule has 1 aromatic heterocycles. The number of nitrogens with one attached hydrogen (secondary N) is 1. The third-order valence-corrected chi connectivity index (χ3v) is 3.78. The number of halogens is 4. The van der Waals surface area contributed by atoms with Crippen molar-refractivity contribution >= 4 is 23.2 Å². The second kappa shape index (κ2) is 5.99. The maximum absolute atomic E-state index is 12.5. The molecule has 0 aliphatic heterocycles. The molecule has 0 atom stereocenters. The van der Waals surface area contributed by atoms with Crippen LogP contribution in [0.3, 0.4) is 0 Å². The Hall–Kier alpha value is -1.30. The van der Waals surface area contributed by atoms with Gasteiger partial charge in [0.25, 0.3) is 0 Å². The molecular formula is C13H14ClF3N2O. The van der Waals surface area contributed by atoms with E-state index in [1.165, 1.54) is 12.3 Å². The average Bonchev–Trinajstić information content (AvgIpc) is 2.40. The Morgan fingerprint density at radius 2 is 1.90 bits per heavy atom. The first kappa shape index (κ1) is 15.1. The van der Waals surface area contributed by atoms with Crippen molar-refractivity contribution < 1.29 is 18.0 Å². The fraction of sp³-hybridized carbons (Fsp3) is 0.538. The van der Waals surface area contributed by atoms with Gasteiger partial charge >= 0.3 is 6.18 Å². The summed E-state index contributed by atoms with van der Waals surface area (Å²) in [6.07, 6.45) is -2.18. The van der Waals surface area contributed by atoms with Crippen molar-refractivity contribution in [2.24, 2.45) is 11.8 Å². The maximum Gasteiger partial charge on any atom is 0.391 e. The van der Waals surface area contributed by atoms with E-state index >= 15 is 0 Å². The first-order valence-electron chi connectivity index (χ1n) is 6.35. The van der Waals surface area contributed by atoms with Crippen molar-refractivity contribution in [3.05, 3.63) is 23.5 Å². The molecule has 3 nitrogen and oxygen atoms in total. The molecule has 0 bridgehead atoms. The van der Waals surface area contributed by atoms with Crippen LogP contribution in [0.1, 0.15) is 25.7 Å². The summed E-state index contributed by atoms with van der Waals surface area (Å²) < 4.78 is 37.6. The molecule has 1 aliphatic carbocycles. The highest BCUT2D eigenvalue weighted by atomic mass is 35.5. The van der Waals surface area contributed by atoms with Crippen molar-refractivity contribution in [3.8, 4) is 0 Å². The van der Waals surface area contributed by atoms with Crippen molar-refractivity contribution in [1.82, 2.24) is 4.98 Å². The Morgan fingerprint density at radius 1 is 1.25 bits per heavy atom. The van der Waals surface area contributed by atoms with Crippen LogP contribution in [0.2, 0.25) is 5.15 Å². The van der Waals surface area contributed by atoms with Gasteiger partial charge in [-0.25, -0.2) is 4.98 Å². The number of amides is 1. The number of aromatic nitrogens is 1. The number of alkyl halides is 3. The molecular weight excluding hydrogens is 293 g/mol. The lowest BCUT2D eigenvalue weighted by atomic mass is 9.81. The third-order valence-electron chi connectivity index (χ3n) is 3.56. The molecule has 0 spiro atoms. The Labute approximate surface area is 119 Å². The number of hydrogen-bond donors (Lipinski definition) is 1. The highest BCUT2D eigenvalue weighted by Gasteiger charge is 2.42. The number of pyridine rings is 1. The second-order valence-electron chi connectivity index (χ2n) is 4.95. The molecule has 0 radical (unpaired) electrons. The van der Waals surface area contributed by atoms with Crippen LogP contribution in [0.5, 0.6) is 0 Å².